The highest BCUT2D eigenvalue weighted by Gasteiger charge is 2.41. The van der Waals surface area contributed by atoms with Crippen LogP contribution < -0.4 is 14.9 Å². The van der Waals surface area contributed by atoms with E-state index in [9.17, 15) is 13.2 Å². The number of carbonyl (C=O) groups excluding carboxylic acids is 1. The largest absolute Gasteiger partial charge is 0.380 e. The lowest BCUT2D eigenvalue weighted by Crippen LogP contribution is -2.41. The van der Waals surface area contributed by atoms with Crippen molar-refractivity contribution in [1.82, 2.24) is 19.7 Å². The molecule has 6 heterocycles. The first-order valence-corrected chi connectivity index (χ1v) is 16.4. The number of nitrogens with zero attached hydrogens (tertiary/aromatic N) is 4. The topological polar surface area (TPSA) is 126 Å². The maximum atomic E-state index is 13.6. The number of fused-ring (bicyclic) bond motifs is 6. The molecule has 0 saturated carbocycles. The lowest BCUT2D eigenvalue weighted by atomic mass is 9.90. The van der Waals surface area contributed by atoms with E-state index < -0.39 is 15.9 Å². The zero-order valence-electron chi connectivity index (χ0n) is 25.4. The highest BCUT2D eigenvalue weighted by Crippen LogP contribution is 2.41. The second kappa shape index (κ2) is 10.9. The molecule has 2 fully saturated rings. The fourth-order valence-electron chi connectivity index (χ4n) is 6.29. The van der Waals surface area contributed by atoms with Crippen LogP contribution in [0.2, 0.25) is 0 Å². The van der Waals surface area contributed by atoms with Gasteiger partial charge in [0.2, 0.25) is 0 Å². The zero-order valence-corrected chi connectivity index (χ0v) is 26.2. The van der Waals surface area contributed by atoms with E-state index in [0.29, 0.717) is 43.2 Å². The Balaban J connectivity index is 1.43. The van der Waals surface area contributed by atoms with Gasteiger partial charge in [-0.2, -0.15) is 8.42 Å². The van der Waals surface area contributed by atoms with Crippen LogP contribution >= 0.6 is 0 Å². The monoisotopic (exact) mass is 604 g/mol. The van der Waals surface area contributed by atoms with Crippen LogP contribution in [0.25, 0.3) is 0 Å². The summed E-state index contributed by atoms with van der Waals surface area (Å²) in [6.45, 7) is 12.7. The van der Waals surface area contributed by atoms with Crippen LogP contribution in [0.1, 0.15) is 93.2 Å². The fourth-order valence-corrected chi connectivity index (χ4v) is 7.22. The number of nitrogens with one attached hydrogen (secondary N) is 2. The van der Waals surface area contributed by atoms with Crippen LogP contribution in [-0.4, -0.2) is 54.6 Å². The number of hydrogen-bond acceptors (Lipinski definition) is 9. The maximum absolute atomic E-state index is 13.6. The minimum Gasteiger partial charge on any atom is -0.380 e. The Morgan fingerprint density at radius 3 is 2.56 bits per heavy atom. The summed E-state index contributed by atoms with van der Waals surface area (Å²) in [5.74, 6) is 0.868. The Morgan fingerprint density at radius 1 is 1.05 bits per heavy atom. The van der Waals surface area contributed by atoms with Gasteiger partial charge in [-0.05, 0) is 81.0 Å². The average Bonchev–Trinajstić information content (AvgIpc) is 3.22. The molecule has 6 rings (SSSR count). The molecule has 2 atom stereocenters. The number of ether oxygens (including phenoxy) is 1. The van der Waals surface area contributed by atoms with E-state index in [1.165, 1.54) is 11.6 Å². The molecule has 2 saturated heterocycles. The van der Waals surface area contributed by atoms with Gasteiger partial charge in [-0.3, -0.25) is 9.78 Å². The SMILES string of the molecule is CC(C)(C)c1ccc2c(n1)N1C[C@@H](CC[C@@H](c3cc(C4COC4)ccn3)Nc3cccc(n3)S(=O)(=O)NC2=O)CC1(C)C. The number of hydrogen-bond donors (Lipinski definition) is 2. The van der Waals surface area contributed by atoms with E-state index in [4.69, 9.17) is 14.7 Å². The Kier molecular flexibility index (Phi) is 7.45. The summed E-state index contributed by atoms with van der Waals surface area (Å²) in [4.78, 5) is 30.0. The smallest absolute Gasteiger partial charge is 0.281 e. The van der Waals surface area contributed by atoms with Crippen molar-refractivity contribution in [3.8, 4) is 0 Å². The maximum Gasteiger partial charge on any atom is 0.281 e. The Morgan fingerprint density at radius 2 is 1.84 bits per heavy atom. The number of aromatic nitrogens is 3. The molecular formula is C32H40N6O4S. The van der Waals surface area contributed by atoms with E-state index >= 15 is 0 Å². The number of rotatable bonds is 2. The van der Waals surface area contributed by atoms with Crippen molar-refractivity contribution in [2.45, 2.75) is 81.8 Å². The molecule has 3 aliphatic heterocycles. The van der Waals surface area contributed by atoms with E-state index in [1.807, 2.05) is 18.3 Å². The minimum absolute atomic E-state index is 0.193. The van der Waals surface area contributed by atoms with Crippen LogP contribution in [0.4, 0.5) is 11.6 Å². The van der Waals surface area contributed by atoms with E-state index in [1.54, 1.807) is 18.2 Å². The van der Waals surface area contributed by atoms with Crippen LogP contribution in [0.15, 0.2) is 53.7 Å². The Bertz CT molecular complexity index is 1650. The van der Waals surface area contributed by atoms with E-state index in [0.717, 1.165) is 30.7 Å². The van der Waals surface area contributed by atoms with Gasteiger partial charge in [0.25, 0.3) is 15.9 Å². The van der Waals surface area contributed by atoms with Crippen LogP contribution in [0, 0.1) is 5.92 Å². The molecule has 11 heteroatoms. The summed E-state index contributed by atoms with van der Waals surface area (Å²) in [5, 5.41) is 3.23. The molecule has 3 aliphatic rings. The molecule has 0 aromatic carbocycles. The molecular weight excluding hydrogens is 564 g/mol. The third kappa shape index (κ3) is 5.97. The van der Waals surface area contributed by atoms with Gasteiger partial charge in [-0.25, -0.2) is 14.7 Å². The molecule has 1 amide bonds. The molecule has 0 aliphatic carbocycles. The highest BCUT2D eigenvalue weighted by molar-refractivity contribution is 7.90. The molecule has 3 aromatic heterocycles. The van der Waals surface area contributed by atoms with Gasteiger partial charge >= 0.3 is 0 Å². The van der Waals surface area contributed by atoms with Crippen molar-refractivity contribution in [2.75, 3.05) is 30.0 Å². The number of sulfonamides is 1. The first kappa shape index (κ1) is 29.5. The third-order valence-corrected chi connectivity index (χ3v) is 10.0. The number of anilines is 2. The molecule has 0 unspecified atom stereocenters. The number of amides is 1. The second-order valence-electron chi connectivity index (χ2n) is 13.6. The molecule has 4 bridgehead atoms. The standard InChI is InChI=1S/C32H40N6O4S/c1-31(2,3)26-12-10-23-29(35-26)38-17-20(16-32(38,4)5)9-11-24(25-15-21(13-14-33-25)22-18-42-19-22)34-27-7-6-8-28(36-27)43(40,41)37-30(23)39/h6-8,10,12-15,20,22,24H,9,11,16-19H2,1-5H3,(H,34,36)(H,37,39)/t20-,24-/m0/s1. The predicted molar refractivity (Wildman–Crippen MR) is 165 cm³/mol. The van der Waals surface area contributed by atoms with E-state index in [-0.39, 0.29) is 27.6 Å². The third-order valence-electron chi connectivity index (χ3n) is 8.79. The molecule has 228 valence electrons. The molecule has 0 radical (unpaired) electrons. The van der Waals surface area contributed by atoms with Crippen LogP contribution in [-0.2, 0) is 20.2 Å². The summed E-state index contributed by atoms with van der Waals surface area (Å²) in [7, 11) is -4.27. The lowest BCUT2D eigenvalue weighted by molar-refractivity contribution is 0.00835. The lowest BCUT2D eigenvalue weighted by Gasteiger charge is -2.34. The molecule has 2 N–H and O–H groups in total. The summed E-state index contributed by atoms with van der Waals surface area (Å²) in [6.07, 6.45) is 4.40. The second-order valence-corrected chi connectivity index (χ2v) is 15.3. The van der Waals surface area contributed by atoms with Crippen molar-refractivity contribution in [3.05, 3.63) is 71.2 Å². The van der Waals surface area contributed by atoms with Crippen molar-refractivity contribution in [2.24, 2.45) is 5.92 Å². The Labute approximate surface area is 253 Å². The predicted octanol–water partition coefficient (Wildman–Crippen LogP) is 4.95. The van der Waals surface area contributed by atoms with Gasteiger partial charge in [-0.15, -0.1) is 0 Å². The summed E-state index contributed by atoms with van der Waals surface area (Å²) in [6, 6.07) is 12.2. The van der Waals surface area contributed by atoms with Crippen molar-refractivity contribution < 1.29 is 17.9 Å². The van der Waals surface area contributed by atoms with Gasteiger partial charge in [0.1, 0.15) is 11.6 Å². The fraction of sp³-hybridized carbons (Fsp3) is 0.500. The molecule has 3 aromatic rings. The summed E-state index contributed by atoms with van der Waals surface area (Å²) in [5.41, 5.74) is 2.58. The normalized spacial score (nSPS) is 23.7. The molecule has 0 spiro atoms. The first-order valence-electron chi connectivity index (χ1n) is 14.9. The van der Waals surface area contributed by atoms with Gasteiger partial charge in [0.05, 0.1) is 30.5 Å². The number of pyridine rings is 3. The highest BCUT2D eigenvalue weighted by atomic mass is 32.2. The zero-order chi connectivity index (χ0) is 30.6. The summed E-state index contributed by atoms with van der Waals surface area (Å²) >= 11 is 0. The molecule has 43 heavy (non-hydrogen) atoms. The van der Waals surface area contributed by atoms with Crippen LogP contribution in [0.5, 0.6) is 0 Å². The quantitative estimate of drug-likeness (QED) is 0.418. The van der Waals surface area contributed by atoms with E-state index in [2.05, 4.69) is 60.6 Å². The van der Waals surface area contributed by atoms with Crippen molar-refractivity contribution in [3.63, 3.8) is 0 Å². The van der Waals surface area contributed by atoms with Gasteiger partial charge in [0.15, 0.2) is 5.03 Å². The summed E-state index contributed by atoms with van der Waals surface area (Å²) < 4.78 is 34.6. The Hall–Kier alpha value is -3.57. The van der Waals surface area contributed by atoms with Crippen LogP contribution in [0.3, 0.4) is 0 Å². The molecule has 10 nitrogen and oxygen atoms in total. The average molecular weight is 605 g/mol. The van der Waals surface area contributed by atoms with Crippen molar-refractivity contribution >= 4 is 27.6 Å². The van der Waals surface area contributed by atoms with Crippen molar-refractivity contribution in [1.29, 1.82) is 0 Å². The van der Waals surface area contributed by atoms with Gasteiger partial charge < -0.3 is 15.0 Å². The first-order chi connectivity index (χ1) is 20.3. The van der Waals surface area contributed by atoms with Gasteiger partial charge in [0, 0.05) is 35.3 Å². The minimum atomic E-state index is -4.27. The van der Waals surface area contributed by atoms with Gasteiger partial charge in [-0.1, -0.05) is 26.8 Å². The number of carbonyl (C=O) groups is 1.